The van der Waals surface area contributed by atoms with E-state index in [2.05, 4.69) is 5.32 Å². The zero-order valence-electron chi connectivity index (χ0n) is 10.6. The standard InChI is InChI=1S/C12H24N2O2/c1-12(2)8-10(6-4-5-7-13-3)9-14(12)11(15)16/h10,13H,4-9H2,1-3H3,(H,15,16). The van der Waals surface area contributed by atoms with Crippen molar-refractivity contribution in [2.75, 3.05) is 20.1 Å². The van der Waals surface area contributed by atoms with Gasteiger partial charge in [0.15, 0.2) is 0 Å². The number of hydrogen-bond donors (Lipinski definition) is 2. The zero-order chi connectivity index (χ0) is 12.2. The van der Waals surface area contributed by atoms with Crippen molar-refractivity contribution in [2.24, 2.45) is 5.92 Å². The van der Waals surface area contributed by atoms with Gasteiger partial charge in [0.2, 0.25) is 0 Å². The molecule has 1 amide bonds. The van der Waals surface area contributed by atoms with Crippen LogP contribution in [-0.2, 0) is 0 Å². The Morgan fingerprint density at radius 1 is 1.50 bits per heavy atom. The molecule has 0 aromatic rings. The lowest BCUT2D eigenvalue weighted by atomic mass is 9.93. The Balaban J connectivity index is 2.34. The summed E-state index contributed by atoms with van der Waals surface area (Å²) in [5, 5.41) is 12.2. The smallest absolute Gasteiger partial charge is 0.407 e. The van der Waals surface area contributed by atoms with Crippen molar-refractivity contribution in [3.8, 4) is 0 Å². The van der Waals surface area contributed by atoms with Gasteiger partial charge < -0.3 is 15.3 Å². The van der Waals surface area contributed by atoms with Gasteiger partial charge in [0.25, 0.3) is 0 Å². The van der Waals surface area contributed by atoms with Crippen molar-refractivity contribution in [3.05, 3.63) is 0 Å². The largest absolute Gasteiger partial charge is 0.465 e. The predicted octanol–water partition coefficient (Wildman–Crippen LogP) is 2.15. The second-order valence-corrected chi connectivity index (χ2v) is 5.38. The van der Waals surface area contributed by atoms with Crippen LogP contribution in [-0.4, -0.2) is 41.8 Å². The summed E-state index contributed by atoms with van der Waals surface area (Å²) in [7, 11) is 1.96. The monoisotopic (exact) mass is 228 g/mol. The second-order valence-electron chi connectivity index (χ2n) is 5.38. The van der Waals surface area contributed by atoms with Crippen molar-refractivity contribution >= 4 is 6.09 Å². The quantitative estimate of drug-likeness (QED) is 0.709. The van der Waals surface area contributed by atoms with E-state index in [9.17, 15) is 4.79 Å². The number of carboxylic acid groups (broad SMARTS) is 1. The van der Waals surface area contributed by atoms with Gasteiger partial charge in [-0.2, -0.15) is 0 Å². The molecule has 0 aromatic carbocycles. The van der Waals surface area contributed by atoms with Crippen molar-refractivity contribution in [2.45, 2.75) is 45.1 Å². The van der Waals surface area contributed by atoms with Gasteiger partial charge in [-0.1, -0.05) is 6.42 Å². The first-order chi connectivity index (χ1) is 7.47. The van der Waals surface area contributed by atoms with E-state index >= 15 is 0 Å². The van der Waals surface area contributed by atoms with E-state index in [1.807, 2.05) is 20.9 Å². The van der Waals surface area contributed by atoms with Crippen LogP contribution in [0.25, 0.3) is 0 Å². The number of unbranched alkanes of at least 4 members (excludes halogenated alkanes) is 1. The number of carbonyl (C=O) groups is 1. The lowest BCUT2D eigenvalue weighted by Gasteiger charge is -2.28. The molecule has 1 unspecified atom stereocenters. The Morgan fingerprint density at radius 2 is 2.19 bits per heavy atom. The number of amides is 1. The molecule has 2 N–H and O–H groups in total. The summed E-state index contributed by atoms with van der Waals surface area (Å²) in [6.45, 7) is 5.81. The first-order valence-electron chi connectivity index (χ1n) is 6.12. The molecule has 16 heavy (non-hydrogen) atoms. The molecule has 1 aliphatic heterocycles. The molecule has 1 fully saturated rings. The van der Waals surface area contributed by atoms with Crippen molar-refractivity contribution in [3.63, 3.8) is 0 Å². The first-order valence-corrected chi connectivity index (χ1v) is 6.12. The van der Waals surface area contributed by atoms with E-state index < -0.39 is 6.09 Å². The van der Waals surface area contributed by atoms with Gasteiger partial charge in [-0.3, -0.25) is 0 Å². The van der Waals surface area contributed by atoms with E-state index in [-0.39, 0.29) is 5.54 Å². The number of nitrogens with one attached hydrogen (secondary N) is 1. The average Bonchev–Trinajstić information content (AvgIpc) is 2.48. The van der Waals surface area contributed by atoms with Gasteiger partial charge in [-0.15, -0.1) is 0 Å². The third kappa shape index (κ3) is 3.37. The van der Waals surface area contributed by atoms with Crippen molar-refractivity contribution in [1.82, 2.24) is 10.2 Å². The van der Waals surface area contributed by atoms with Gasteiger partial charge in [0.05, 0.1) is 0 Å². The van der Waals surface area contributed by atoms with E-state index in [1.165, 1.54) is 12.8 Å². The van der Waals surface area contributed by atoms with Gasteiger partial charge in [-0.25, -0.2) is 4.79 Å². The van der Waals surface area contributed by atoms with Crippen molar-refractivity contribution in [1.29, 1.82) is 0 Å². The summed E-state index contributed by atoms with van der Waals surface area (Å²) in [6, 6.07) is 0. The molecule has 0 aliphatic carbocycles. The molecular weight excluding hydrogens is 204 g/mol. The maximum atomic E-state index is 11.1. The minimum absolute atomic E-state index is 0.181. The zero-order valence-corrected chi connectivity index (χ0v) is 10.6. The first kappa shape index (κ1) is 13.3. The maximum absolute atomic E-state index is 11.1. The lowest BCUT2D eigenvalue weighted by molar-refractivity contribution is 0.117. The Hall–Kier alpha value is -0.770. The Labute approximate surface area is 98.0 Å². The number of hydrogen-bond acceptors (Lipinski definition) is 2. The van der Waals surface area contributed by atoms with Gasteiger partial charge in [-0.05, 0) is 52.6 Å². The molecule has 1 atom stereocenters. The fourth-order valence-corrected chi connectivity index (χ4v) is 2.65. The summed E-state index contributed by atoms with van der Waals surface area (Å²) < 4.78 is 0. The Morgan fingerprint density at radius 3 is 2.69 bits per heavy atom. The molecule has 0 bridgehead atoms. The molecule has 1 heterocycles. The molecule has 4 heteroatoms. The predicted molar refractivity (Wildman–Crippen MR) is 64.7 cm³/mol. The van der Waals surface area contributed by atoms with E-state index in [4.69, 9.17) is 5.11 Å². The molecule has 1 saturated heterocycles. The summed E-state index contributed by atoms with van der Waals surface area (Å²) in [5.41, 5.74) is -0.181. The molecule has 1 aliphatic rings. The van der Waals surface area contributed by atoms with Crippen LogP contribution in [0.3, 0.4) is 0 Å². The fraction of sp³-hybridized carbons (Fsp3) is 0.917. The van der Waals surface area contributed by atoms with Crippen molar-refractivity contribution < 1.29 is 9.90 Å². The number of nitrogens with zero attached hydrogens (tertiary/aromatic N) is 1. The van der Waals surface area contributed by atoms with E-state index in [1.54, 1.807) is 4.90 Å². The molecule has 0 spiro atoms. The molecule has 0 radical (unpaired) electrons. The van der Waals surface area contributed by atoms with Crippen LogP contribution in [0, 0.1) is 5.92 Å². The van der Waals surface area contributed by atoms with Gasteiger partial charge in [0.1, 0.15) is 0 Å². The minimum atomic E-state index is -0.775. The number of likely N-dealkylation sites (tertiary alicyclic amines) is 1. The third-order valence-electron chi connectivity index (χ3n) is 3.48. The van der Waals surface area contributed by atoms with Crippen LogP contribution in [0.2, 0.25) is 0 Å². The van der Waals surface area contributed by atoms with E-state index in [0.29, 0.717) is 12.5 Å². The molecule has 0 aromatic heterocycles. The highest BCUT2D eigenvalue weighted by Crippen LogP contribution is 2.34. The normalized spacial score (nSPS) is 23.7. The maximum Gasteiger partial charge on any atom is 0.407 e. The lowest BCUT2D eigenvalue weighted by Crippen LogP contribution is -2.41. The average molecular weight is 228 g/mol. The highest BCUT2D eigenvalue weighted by molar-refractivity contribution is 5.66. The SMILES string of the molecule is CNCCCCC1CN(C(=O)O)C(C)(C)C1. The third-order valence-corrected chi connectivity index (χ3v) is 3.48. The van der Waals surface area contributed by atoms with Gasteiger partial charge >= 0.3 is 6.09 Å². The topological polar surface area (TPSA) is 52.6 Å². The van der Waals surface area contributed by atoms with E-state index in [0.717, 1.165) is 19.4 Å². The summed E-state index contributed by atoms with van der Waals surface area (Å²) in [6.07, 6.45) is 3.74. The van der Waals surface area contributed by atoms with Crippen LogP contribution in [0.5, 0.6) is 0 Å². The Kier molecular flexibility index (Phi) is 4.59. The van der Waals surface area contributed by atoms with Gasteiger partial charge in [0, 0.05) is 12.1 Å². The van der Waals surface area contributed by atoms with Crippen LogP contribution in [0.4, 0.5) is 4.79 Å². The highest BCUT2D eigenvalue weighted by Gasteiger charge is 2.40. The summed E-state index contributed by atoms with van der Waals surface area (Å²) in [5.74, 6) is 0.544. The Bertz CT molecular complexity index is 241. The highest BCUT2D eigenvalue weighted by atomic mass is 16.4. The van der Waals surface area contributed by atoms with Crippen LogP contribution < -0.4 is 5.32 Å². The van der Waals surface area contributed by atoms with Crippen LogP contribution in [0.1, 0.15) is 39.5 Å². The van der Waals surface area contributed by atoms with Crippen LogP contribution in [0.15, 0.2) is 0 Å². The molecule has 0 saturated carbocycles. The summed E-state index contributed by atoms with van der Waals surface area (Å²) in [4.78, 5) is 12.6. The number of rotatable bonds is 5. The molecular formula is C12H24N2O2. The second kappa shape index (κ2) is 5.53. The fourth-order valence-electron chi connectivity index (χ4n) is 2.65. The van der Waals surface area contributed by atoms with Crippen LogP contribution >= 0.6 is 0 Å². The molecule has 94 valence electrons. The summed E-state index contributed by atoms with van der Waals surface area (Å²) >= 11 is 0. The minimum Gasteiger partial charge on any atom is -0.465 e. The molecule has 4 nitrogen and oxygen atoms in total. The molecule has 1 rings (SSSR count).